The lowest BCUT2D eigenvalue weighted by Gasteiger charge is -2.21. The molecule has 5 rings (SSSR count). The number of nitrogens with two attached hydrogens (primary N) is 1. The molecule has 0 bridgehead atoms. The predicted octanol–water partition coefficient (Wildman–Crippen LogP) is 7.73. The molecule has 2 heterocycles. The van der Waals surface area contributed by atoms with Crippen LogP contribution in [0, 0.1) is 19.8 Å². The van der Waals surface area contributed by atoms with Crippen LogP contribution in [-0.4, -0.2) is 42.3 Å². The van der Waals surface area contributed by atoms with Crippen molar-refractivity contribution in [1.82, 2.24) is 9.97 Å². The fourth-order valence-corrected chi connectivity index (χ4v) is 7.59. The van der Waals surface area contributed by atoms with Crippen molar-refractivity contribution in [2.24, 2.45) is 11.7 Å². The fraction of sp³-hybridized carbons (Fsp3) is 0.441. The Balaban J connectivity index is 1.52. The maximum atomic E-state index is 13.9. The maximum absolute atomic E-state index is 13.9. The normalized spacial score (nSPS) is 14.4. The number of rotatable bonds is 11. The number of nitrogens with one attached hydrogen (secondary N) is 2. The molecule has 9 nitrogen and oxygen atoms in total. The molecule has 11 heteroatoms. The third kappa shape index (κ3) is 7.45. The molecular weight excluding hydrogens is 612 g/mol. The van der Waals surface area contributed by atoms with Crippen LogP contribution < -0.4 is 20.5 Å². The molecule has 1 aliphatic carbocycles. The molecule has 2 aromatic heterocycles. The molecule has 0 spiro atoms. The second-order valence-corrected chi connectivity index (χ2v) is 13.3. The Kier molecular flexibility index (Phi) is 10.4. The van der Waals surface area contributed by atoms with E-state index in [4.69, 9.17) is 36.5 Å². The summed E-state index contributed by atoms with van der Waals surface area (Å²) >= 11 is 7.89. The Morgan fingerprint density at radius 2 is 1.84 bits per heavy atom. The zero-order valence-corrected chi connectivity index (χ0v) is 28.0. The van der Waals surface area contributed by atoms with E-state index in [1.54, 1.807) is 20.3 Å². The van der Waals surface area contributed by atoms with Crippen LogP contribution in [0.2, 0.25) is 5.02 Å². The average molecular weight is 653 g/mol. The number of thiazole rings is 1. The second kappa shape index (κ2) is 14.2. The van der Waals surface area contributed by atoms with Crippen molar-refractivity contribution in [3.63, 3.8) is 0 Å². The van der Waals surface area contributed by atoms with Gasteiger partial charge in [0.25, 0.3) is 5.91 Å². The summed E-state index contributed by atoms with van der Waals surface area (Å²) in [5.74, 6) is 0.933. The second-order valence-electron chi connectivity index (χ2n) is 11.8. The minimum atomic E-state index is -0.904. The third-order valence-electron chi connectivity index (χ3n) is 8.46. The van der Waals surface area contributed by atoms with E-state index in [1.165, 1.54) is 50.4 Å². The summed E-state index contributed by atoms with van der Waals surface area (Å²) in [5.41, 5.74) is 11.6. The Hall–Kier alpha value is -3.60. The molecule has 240 valence electrons. The number of amides is 1. The van der Waals surface area contributed by atoms with E-state index < -0.39 is 12.2 Å². The number of carbonyl (C=O) groups is 2. The summed E-state index contributed by atoms with van der Waals surface area (Å²) in [6, 6.07) is 7.63. The first-order valence-electron chi connectivity index (χ1n) is 15.4. The fourth-order valence-electron chi connectivity index (χ4n) is 6.37. The van der Waals surface area contributed by atoms with Gasteiger partial charge in [0.1, 0.15) is 17.2 Å². The molecule has 0 radical (unpaired) electrons. The largest absolute Gasteiger partial charge is 0.496 e. The number of H-pyrrole nitrogens is 1. The molecular formula is C34H41ClN4O5S. The molecule has 1 unspecified atom stereocenters. The number of hydrogen-bond acceptors (Lipinski definition) is 8. The van der Waals surface area contributed by atoms with Gasteiger partial charge in [-0.05, 0) is 55.9 Å². The summed E-state index contributed by atoms with van der Waals surface area (Å²) < 4.78 is 16.5. The number of aromatic amines is 1. The number of carbonyl (C=O) groups excluding carboxylic acids is 2. The Labute approximate surface area is 272 Å². The average Bonchev–Trinajstić information content (AvgIpc) is 3.57. The summed E-state index contributed by atoms with van der Waals surface area (Å²) in [7, 11) is 3.17. The molecule has 1 aliphatic rings. The number of ether oxygens (including phenoxy) is 3. The van der Waals surface area contributed by atoms with Crippen molar-refractivity contribution in [3.05, 3.63) is 56.5 Å². The highest BCUT2D eigenvalue weighted by Crippen LogP contribution is 2.43. The van der Waals surface area contributed by atoms with Gasteiger partial charge in [-0.1, -0.05) is 55.3 Å². The number of fused-ring (bicyclic) bond motifs is 1. The lowest BCUT2D eigenvalue weighted by atomic mass is 9.86. The minimum Gasteiger partial charge on any atom is -0.496 e. The van der Waals surface area contributed by atoms with E-state index >= 15 is 0 Å². The molecule has 45 heavy (non-hydrogen) atoms. The lowest BCUT2D eigenvalue weighted by molar-refractivity contribution is -0.145. The topological polar surface area (TPSA) is 129 Å². The summed E-state index contributed by atoms with van der Waals surface area (Å²) in [6.45, 7) is 5.30. The number of halogens is 1. The standard InChI is InChI=1S/C34H41ClN4O5S/c1-18-13-19(2)30-22(14-18)23(16-29(36)44-20(3)40)32(37-30)33(41)39-34-38-31(24-15-27(43-5)25(35)17-26(24)42-4)28(45-34)12-11-21-9-7-6-8-10-21/h13-15,17,21,29,37H,6-12,16,36H2,1-5H3,(H,38,39,41). The van der Waals surface area contributed by atoms with E-state index in [0.717, 1.165) is 51.0 Å². The van der Waals surface area contributed by atoms with Gasteiger partial charge in [-0.15, -0.1) is 11.3 Å². The van der Waals surface area contributed by atoms with Crippen LogP contribution in [0.4, 0.5) is 5.13 Å². The van der Waals surface area contributed by atoms with Gasteiger partial charge in [0, 0.05) is 40.8 Å². The van der Waals surface area contributed by atoms with Gasteiger partial charge in [-0.3, -0.25) is 20.6 Å². The van der Waals surface area contributed by atoms with Gasteiger partial charge in [0.05, 0.1) is 24.9 Å². The van der Waals surface area contributed by atoms with Gasteiger partial charge in [-0.2, -0.15) is 0 Å². The van der Waals surface area contributed by atoms with Crippen molar-refractivity contribution >= 4 is 50.8 Å². The van der Waals surface area contributed by atoms with Crippen LogP contribution >= 0.6 is 22.9 Å². The number of nitrogens with zero attached hydrogens (tertiary/aromatic N) is 1. The molecule has 1 saturated carbocycles. The van der Waals surface area contributed by atoms with Crippen LogP contribution in [0.5, 0.6) is 11.5 Å². The Morgan fingerprint density at radius 1 is 1.11 bits per heavy atom. The molecule has 4 aromatic rings. The highest BCUT2D eigenvalue weighted by Gasteiger charge is 2.25. The highest BCUT2D eigenvalue weighted by atomic mass is 35.5. The monoisotopic (exact) mass is 652 g/mol. The van der Waals surface area contributed by atoms with Crippen molar-refractivity contribution in [3.8, 4) is 22.8 Å². The third-order valence-corrected chi connectivity index (χ3v) is 9.78. The molecule has 1 amide bonds. The van der Waals surface area contributed by atoms with Crippen LogP contribution in [0.25, 0.3) is 22.2 Å². The van der Waals surface area contributed by atoms with Gasteiger partial charge < -0.3 is 19.2 Å². The minimum absolute atomic E-state index is 0.169. The summed E-state index contributed by atoms with van der Waals surface area (Å²) in [6.07, 6.45) is 7.49. The van der Waals surface area contributed by atoms with Crippen LogP contribution in [0.15, 0.2) is 24.3 Å². The zero-order chi connectivity index (χ0) is 32.2. The van der Waals surface area contributed by atoms with Crippen LogP contribution in [-0.2, 0) is 22.4 Å². The maximum Gasteiger partial charge on any atom is 0.304 e. The Morgan fingerprint density at radius 3 is 2.53 bits per heavy atom. The number of aromatic nitrogens is 2. The molecule has 1 atom stereocenters. The van der Waals surface area contributed by atoms with Crippen molar-refractivity contribution in [2.45, 2.75) is 78.4 Å². The van der Waals surface area contributed by atoms with E-state index in [0.29, 0.717) is 38.8 Å². The van der Waals surface area contributed by atoms with Gasteiger partial charge >= 0.3 is 5.97 Å². The van der Waals surface area contributed by atoms with Crippen LogP contribution in [0.1, 0.15) is 77.5 Å². The van der Waals surface area contributed by atoms with Gasteiger partial charge in [-0.25, -0.2) is 4.98 Å². The summed E-state index contributed by atoms with van der Waals surface area (Å²) in [5, 5.41) is 4.81. The number of hydrogen-bond donors (Lipinski definition) is 3. The van der Waals surface area contributed by atoms with E-state index in [2.05, 4.69) is 16.4 Å². The number of methoxy groups -OCH3 is 2. The number of benzene rings is 2. The van der Waals surface area contributed by atoms with Crippen LogP contribution in [0.3, 0.4) is 0 Å². The van der Waals surface area contributed by atoms with E-state index in [-0.39, 0.29) is 12.3 Å². The molecule has 0 saturated heterocycles. The zero-order valence-electron chi connectivity index (χ0n) is 26.5. The van der Waals surface area contributed by atoms with Gasteiger partial charge in [0.2, 0.25) is 0 Å². The summed E-state index contributed by atoms with van der Waals surface area (Å²) in [4.78, 5) is 34.9. The van der Waals surface area contributed by atoms with Crippen molar-refractivity contribution in [2.75, 3.05) is 19.5 Å². The molecule has 0 aliphatic heterocycles. The van der Waals surface area contributed by atoms with Gasteiger partial charge in [0.15, 0.2) is 11.4 Å². The molecule has 2 aromatic carbocycles. The first kappa shape index (κ1) is 32.8. The van der Waals surface area contributed by atoms with E-state index in [1.807, 2.05) is 26.0 Å². The first-order chi connectivity index (χ1) is 21.6. The smallest absolute Gasteiger partial charge is 0.304 e. The number of anilines is 1. The SMILES string of the molecule is COc1cc(-c2nc(NC(=O)c3[nH]c4c(C)cc(C)cc4c3CC(N)OC(C)=O)sc2CCC2CCCCC2)c(OC)cc1Cl. The molecule has 1 fully saturated rings. The number of esters is 1. The molecule has 4 N–H and O–H groups in total. The lowest BCUT2D eigenvalue weighted by Crippen LogP contribution is -2.29. The van der Waals surface area contributed by atoms with Crippen molar-refractivity contribution in [1.29, 1.82) is 0 Å². The highest BCUT2D eigenvalue weighted by molar-refractivity contribution is 7.16. The first-order valence-corrected chi connectivity index (χ1v) is 16.5. The Bertz CT molecular complexity index is 1710. The quantitative estimate of drug-likeness (QED) is 0.112. The van der Waals surface area contributed by atoms with E-state index in [9.17, 15) is 9.59 Å². The van der Waals surface area contributed by atoms with Crippen molar-refractivity contribution < 1.29 is 23.8 Å². The predicted molar refractivity (Wildman–Crippen MR) is 180 cm³/mol. The number of aryl methyl sites for hydroxylation is 3.